The Hall–Kier alpha value is -7.54. The number of H-pyrrole nitrogens is 1. The van der Waals surface area contributed by atoms with Gasteiger partial charge in [-0.2, -0.15) is 21.0 Å². The Morgan fingerprint density at radius 2 is 1.00 bits per heavy atom. The highest BCUT2D eigenvalue weighted by Crippen LogP contribution is 2.46. The normalized spacial score (nSPS) is 15.7. The molecule has 9 rings (SSSR count). The summed E-state index contributed by atoms with van der Waals surface area (Å²) < 4.78 is 32.0. The van der Waals surface area contributed by atoms with Crippen molar-refractivity contribution in [1.29, 1.82) is 21.0 Å². The van der Waals surface area contributed by atoms with E-state index in [0.29, 0.717) is 33.8 Å². The predicted molar refractivity (Wildman–Crippen MR) is 201 cm³/mol. The van der Waals surface area contributed by atoms with Gasteiger partial charge in [0.25, 0.3) is 0 Å². The van der Waals surface area contributed by atoms with Crippen LogP contribution in [-0.4, -0.2) is 16.6 Å². The lowest BCUT2D eigenvalue weighted by atomic mass is 9.99. The van der Waals surface area contributed by atoms with Gasteiger partial charge in [-0.05, 0) is 59.6 Å². The van der Waals surface area contributed by atoms with Crippen molar-refractivity contribution in [3.05, 3.63) is 141 Å². The second kappa shape index (κ2) is 12.1. The molecule has 0 unspecified atom stereocenters. The molecule has 1 N–H and O–H groups in total. The number of carbonyl (C=O) groups excluding carboxylic acids is 2. The number of aromatic nitrogens is 1. The Bertz CT molecular complexity index is 2980. The molecule has 2 aliphatic carbocycles. The van der Waals surface area contributed by atoms with Gasteiger partial charge in [0.2, 0.25) is 0 Å². The first-order valence-corrected chi connectivity index (χ1v) is 17.4. The fourth-order valence-corrected chi connectivity index (χ4v) is 8.92. The first-order chi connectivity index (χ1) is 26.8. The first-order valence-electron chi connectivity index (χ1n) is 16.8. The van der Waals surface area contributed by atoms with E-state index in [1.54, 1.807) is 72.8 Å². The number of benzene rings is 2. The van der Waals surface area contributed by atoms with Gasteiger partial charge in [-0.1, -0.05) is 48.5 Å². The topological polar surface area (TPSA) is 171 Å². The van der Waals surface area contributed by atoms with Crippen molar-refractivity contribution in [2.75, 3.05) is 0 Å². The molecule has 0 saturated heterocycles. The van der Waals surface area contributed by atoms with Crippen LogP contribution in [0.2, 0.25) is 0 Å². The number of thiophene rings is 2. The van der Waals surface area contributed by atoms with Gasteiger partial charge in [0.15, 0.2) is 11.6 Å². The molecule has 5 heterocycles. The van der Waals surface area contributed by atoms with Gasteiger partial charge in [0.1, 0.15) is 58.5 Å². The number of nitrogens with zero attached hydrogens (tertiary/aromatic N) is 4. The molecule has 0 saturated carbocycles. The Morgan fingerprint density at radius 3 is 1.40 bits per heavy atom. The molecule has 7 aromatic rings. The quantitative estimate of drug-likeness (QED) is 0.138. The van der Waals surface area contributed by atoms with Crippen LogP contribution in [0.25, 0.3) is 65.0 Å². The average Bonchev–Trinajstić information content (AvgIpc) is 4.06. The van der Waals surface area contributed by atoms with Crippen molar-refractivity contribution in [2.24, 2.45) is 0 Å². The summed E-state index contributed by atoms with van der Waals surface area (Å²) in [6.45, 7) is 0. The average molecular weight is 722 g/mol. The van der Waals surface area contributed by atoms with Crippen LogP contribution < -0.4 is 0 Å². The number of carbonyl (C=O) groups is 2. The molecule has 0 aliphatic heterocycles. The van der Waals surface area contributed by atoms with Crippen LogP contribution in [0.1, 0.15) is 46.1 Å². The highest BCUT2D eigenvalue weighted by atomic mass is 32.1. The van der Waals surface area contributed by atoms with Gasteiger partial charge >= 0.3 is 0 Å². The number of nitrogens with one attached hydrogen (secondary N) is 1. The number of Topliss-reactive ketones (excluding diaryl/α,β-unsaturated/α-hetero) is 2. The van der Waals surface area contributed by atoms with Crippen LogP contribution in [0.4, 0.5) is 0 Å². The van der Waals surface area contributed by atoms with Gasteiger partial charge in [0.05, 0.1) is 32.9 Å². The van der Waals surface area contributed by atoms with Gasteiger partial charge in [0, 0.05) is 33.4 Å². The number of aromatic amines is 1. The molecule has 53 heavy (non-hydrogen) atoms. The summed E-state index contributed by atoms with van der Waals surface area (Å²) in [6, 6.07) is 30.7. The number of furan rings is 2. The van der Waals surface area contributed by atoms with Gasteiger partial charge in [-0.3, -0.25) is 9.59 Å². The van der Waals surface area contributed by atoms with E-state index in [-0.39, 0.29) is 57.1 Å². The van der Waals surface area contributed by atoms with Gasteiger partial charge < -0.3 is 13.8 Å². The van der Waals surface area contributed by atoms with E-state index in [2.05, 4.69) is 4.98 Å². The Morgan fingerprint density at radius 1 is 0.604 bits per heavy atom. The van der Waals surface area contributed by atoms with Crippen LogP contribution in [0.15, 0.2) is 116 Å². The third-order valence-electron chi connectivity index (χ3n) is 8.92. The van der Waals surface area contributed by atoms with E-state index in [1.807, 2.05) is 36.4 Å². The summed E-state index contributed by atoms with van der Waals surface area (Å²) in [7, 11) is 0. The zero-order chi connectivity index (χ0) is 38.1. The Labute approximate surface area is 310 Å². The zero-order valence-electron chi connectivity index (χ0n) is 28.8. The molecule has 0 spiro atoms. The summed E-state index contributed by atoms with van der Waals surface area (Å²) >= 11 is 2.93. The lowest BCUT2D eigenvalue weighted by molar-refractivity contribution is 0.103. The fourth-order valence-electron chi connectivity index (χ4n) is 6.61. The van der Waals surface area contributed by atoms with Gasteiger partial charge in [-0.15, -0.1) is 22.7 Å². The van der Waals surface area contributed by atoms with Crippen molar-refractivity contribution in [2.45, 2.75) is 0 Å². The molecule has 11 heteroatoms. The molecule has 9 nitrogen and oxygen atoms in total. The standard InChI is InChI=1S/C42H17N5O4S2/c43-17-21(18-44)37-25-5-1-3-7-27(25)39(48)29(37)13-23-9-11-33(50-23)35-15-31-41(52-35)42-32(47-31)16-36(53-42)34-12-10-24(51-34)14-30-38(22(19-45)20-46)26-6-2-4-8-28(26)40(30)49/h1-16,47H/b29-13-,30-14+/i13D,14D. The first kappa shape index (κ1) is 29.2. The number of rotatable bonds is 4. The molecule has 246 valence electrons. The fraction of sp³-hybridized carbons (Fsp3) is 0. The monoisotopic (exact) mass is 721 g/mol. The van der Waals surface area contributed by atoms with Crippen LogP contribution in [0.5, 0.6) is 0 Å². The molecule has 0 atom stereocenters. The van der Waals surface area contributed by atoms with Crippen molar-refractivity contribution < 1.29 is 21.2 Å². The van der Waals surface area contributed by atoms with E-state index in [4.69, 9.17) is 11.6 Å². The number of ketones is 2. The highest BCUT2D eigenvalue weighted by molar-refractivity contribution is 7.30. The maximum absolute atomic E-state index is 13.4. The third-order valence-corrected chi connectivity index (χ3v) is 11.4. The summed E-state index contributed by atoms with van der Waals surface area (Å²) in [5.41, 5.74) is 2.81. The van der Waals surface area contributed by atoms with Crippen LogP contribution in [0, 0.1) is 45.3 Å². The van der Waals surface area contributed by atoms with Crippen molar-refractivity contribution in [1.82, 2.24) is 4.98 Å². The number of fused-ring (bicyclic) bond motifs is 5. The smallest absolute Gasteiger partial charge is 0.194 e. The lowest BCUT2D eigenvalue weighted by Gasteiger charge is -2.01. The van der Waals surface area contributed by atoms with Crippen molar-refractivity contribution in [3.8, 4) is 45.6 Å². The van der Waals surface area contributed by atoms with E-state index in [9.17, 15) is 30.6 Å². The van der Waals surface area contributed by atoms with E-state index in [1.165, 1.54) is 22.7 Å². The minimum atomic E-state index is -0.456. The molecule has 5 aromatic heterocycles. The maximum Gasteiger partial charge on any atom is 0.194 e. The SMILES string of the molecule is [2H]/C(=C1/C(=O)c2ccccc2C1=C(C#N)C#N)c1ccc(-c2cc3[nH]c4cc(-c5ccc(/C([2H])=C6/C(=O)c7ccccc7C6=C(C#N)C#N)o5)sc4c3s2)o1. The van der Waals surface area contributed by atoms with Crippen molar-refractivity contribution in [3.63, 3.8) is 0 Å². The Balaban J connectivity index is 1.05. The molecule has 0 radical (unpaired) electrons. The van der Waals surface area contributed by atoms with Gasteiger partial charge in [-0.25, -0.2) is 0 Å². The summed E-state index contributed by atoms with van der Waals surface area (Å²) in [6.07, 6.45) is 0. The largest absolute Gasteiger partial charge is 0.456 e. The predicted octanol–water partition coefficient (Wildman–Crippen LogP) is 10.1. The summed E-state index contributed by atoms with van der Waals surface area (Å²) in [5, 5.41) is 38.6. The summed E-state index contributed by atoms with van der Waals surface area (Å²) in [5.74, 6) is 0.242. The molecule has 0 amide bonds. The molecule has 2 aliphatic rings. The second-order valence-corrected chi connectivity index (χ2v) is 14.0. The molecular weight excluding hydrogens is 703 g/mol. The number of allylic oxidation sites excluding steroid dienone is 6. The second-order valence-electron chi connectivity index (χ2n) is 11.9. The van der Waals surface area contributed by atoms with E-state index >= 15 is 0 Å². The van der Waals surface area contributed by atoms with Crippen LogP contribution in [-0.2, 0) is 0 Å². The molecule has 0 fully saturated rings. The van der Waals surface area contributed by atoms with E-state index < -0.39 is 11.6 Å². The maximum atomic E-state index is 13.4. The van der Waals surface area contributed by atoms with Crippen molar-refractivity contribution >= 4 is 77.9 Å². The Kier molecular flexibility index (Phi) is 6.65. The minimum absolute atomic E-state index is 0.0629. The molecule has 0 bridgehead atoms. The van der Waals surface area contributed by atoms with E-state index in [0.717, 1.165) is 30.2 Å². The third kappa shape index (κ3) is 4.86. The number of hydrogen-bond acceptors (Lipinski definition) is 10. The zero-order valence-corrected chi connectivity index (χ0v) is 28.5. The summed E-state index contributed by atoms with van der Waals surface area (Å²) in [4.78, 5) is 31.8. The number of nitriles is 4. The van der Waals surface area contributed by atoms with Crippen LogP contribution >= 0.6 is 22.7 Å². The molecular formula is C42H17N5O4S2. The molecule has 2 aromatic carbocycles. The highest BCUT2D eigenvalue weighted by Gasteiger charge is 2.34. The minimum Gasteiger partial charge on any atom is -0.456 e. The van der Waals surface area contributed by atoms with Crippen LogP contribution in [0.3, 0.4) is 0 Å². The number of hydrogen-bond donors (Lipinski definition) is 1. The lowest BCUT2D eigenvalue weighted by Crippen LogP contribution is -1.95.